The number of hydrazone groups is 1. The summed E-state index contributed by atoms with van der Waals surface area (Å²) in [6.45, 7) is 3.68. The van der Waals surface area contributed by atoms with Crippen LogP contribution in [-0.4, -0.2) is 26.8 Å². The van der Waals surface area contributed by atoms with E-state index in [0.29, 0.717) is 21.5 Å². The molecule has 2 N–H and O–H groups in total. The highest BCUT2D eigenvalue weighted by Gasteiger charge is 2.42. The van der Waals surface area contributed by atoms with Crippen LogP contribution in [-0.2, 0) is 4.79 Å². The van der Waals surface area contributed by atoms with Gasteiger partial charge in [0.05, 0.1) is 4.92 Å². The highest BCUT2D eigenvalue weighted by molar-refractivity contribution is 8.14. The maximum absolute atomic E-state index is 13.0. The van der Waals surface area contributed by atoms with E-state index in [0.717, 1.165) is 11.3 Å². The molecular weight excluding hydrogens is 414 g/mol. The first-order chi connectivity index (χ1) is 14.0. The van der Waals surface area contributed by atoms with Crippen molar-refractivity contribution < 1.29 is 9.72 Å². The highest BCUT2D eigenvalue weighted by atomic mass is 35.5. The molecule has 148 valence electrons. The molecular formula is C19H16ClN5O3S. The van der Waals surface area contributed by atoms with E-state index in [2.05, 4.69) is 22.3 Å². The number of non-ortho nitro benzene ring substituents is 1. The van der Waals surface area contributed by atoms with Gasteiger partial charge in [-0.05, 0) is 12.1 Å². The van der Waals surface area contributed by atoms with Crippen LogP contribution in [0.5, 0.6) is 0 Å². The van der Waals surface area contributed by atoms with E-state index >= 15 is 0 Å². The average molecular weight is 430 g/mol. The third kappa shape index (κ3) is 3.54. The molecule has 0 saturated carbocycles. The van der Waals surface area contributed by atoms with Gasteiger partial charge in [0.25, 0.3) is 11.6 Å². The quantitative estimate of drug-likeness (QED) is 0.432. The lowest BCUT2D eigenvalue weighted by molar-refractivity contribution is -0.384. The van der Waals surface area contributed by atoms with Crippen LogP contribution in [0.2, 0.25) is 5.02 Å². The Morgan fingerprint density at radius 2 is 2.10 bits per heavy atom. The minimum atomic E-state index is -0.694. The van der Waals surface area contributed by atoms with Crippen LogP contribution in [0.15, 0.2) is 60.2 Å². The number of benzene rings is 2. The van der Waals surface area contributed by atoms with Crippen molar-refractivity contribution in [1.29, 1.82) is 0 Å². The first kappa shape index (κ1) is 19.3. The number of rotatable bonds is 4. The summed E-state index contributed by atoms with van der Waals surface area (Å²) in [6, 6.07) is 10.9. The summed E-state index contributed by atoms with van der Waals surface area (Å²) < 4.78 is 0. The number of carbonyl (C=O) groups excluding carboxylic acids is 1. The Balaban J connectivity index is 1.85. The van der Waals surface area contributed by atoms with Gasteiger partial charge < -0.3 is 10.6 Å². The highest BCUT2D eigenvalue weighted by Crippen LogP contribution is 2.44. The molecule has 0 aromatic heterocycles. The van der Waals surface area contributed by atoms with Crippen LogP contribution in [0.4, 0.5) is 11.4 Å². The zero-order valence-electron chi connectivity index (χ0n) is 15.0. The molecule has 2 aromatic rings. The van der Waals surface area contributed by atoms with E-state index in [1.54, 1.807) is 11.1 Å². The lowest BCUT2D eigenvalue weighted by Crippen LogP contribution is -2.51. The summed E-state index contributed by atoms with van der Waals surface area (Å²) in [6.07, 6.45) is 1.05. The summed E-state index contributed by atoms with van der Waals surface area (Å²) in [5, 5.41) is 24.4. The molecule has 8 nitrogen and oxygen atoms in total. The fourth-order valence-corrected chi connectivity index (χ4v) is 4.15. The van der Waals surface area contributed by atoms with E-state index in [1.165, 1.54) is 30.0 Å². The average Bonchev–Trinajstić information content (AvgIpc) is 2.71. The Bertz CT molecular complexity index is 1040. The number of amidine groups is 1. The van der Waals surface area contributed by atoms with Crippen molar-refractivity contribution >= 4 is 45.8 Å². The van der Waals surface area contributed by atoms with Gasteiger partial charge in [-0.15, -0.1) is 11.7 Å². The Kier molecular flexibility index (Phi) is 5.16. The van der Waals surface area contributed by atoms with Crippen molar-refractivity contribution in [1.82, 2.24) is 10.3 Å². The molecule has 0 radical (unpaired) electrons. The van der Waals surface area contributed by atoms with Crippen molar-refractivity contribution in [2.24, 2.45) is 5.10 Å². The monoisotopic (exact) mass is 429 g/mol. The summed E-state index contributed by atoms with van der Waals surface area (Å²) in [5.41, 5.74) is 1.88. The fourth-order valence-electron chi connectivity index (χ4n) is 3.33. The van der Waals surface area contributed by atoms with E-state index in [9.17, 15) is 14.9 Å². The molecule has 2 atom stereocenters. The molecule has 2 aromatic carbocycles. The first-order valence-electron chi connectivity index (χ1n) is 8.70. The zero-order chi connectivity index (χ0) is 20.5. The Labute approximate surface area is 175 Å². The van der Waals surface area contributed by atoms with E-state index in [4.69, 9.17) is 11.6 Å². The number of nitrogens with zero attached hydrogens (tertiary/aromatic N) is 3. The molecule has 0 unspecified atom stereocenters. The summed E-state index contributed by atoms with van der Waals surface area (Å²) >= 11 is 7.73. The van der Waals surface area contributed by atoms with Crippen LogP contribution < -0.4 is 10.6 Å². The lowest BCUT2D eigenvalue weighted by Gasteiger charge is -2.43. The minimum absolute atomic E-state index is 0.0895. The second-order valence-corrected chi connectivity index (χ2v) is 7.79. The number of halogens is 1. The molecule has 2 heterocycles. The summed E-state index contributed by atoms with van der Waals surface area (Å²) in [7, 11) is 0. The number of amides is 1. The lowest BCUT2D eigenvalue weighted by atomic mass is 9.97. The molecule has 0 spiro atoms. The Hall–Kier alpha value is -3.04. The number of para-hydroxylation sites is 1. The molecule has 0 bridgehead atoms. The van der Waals surface area contributed by atoms with Gasteiger partial charge in [0, 0.05) is 39.7 Å². The number of nitro benzene ring substituents is 1. The largest absolute Gasteiger partial charge is 0.360 e. The predicted octanol–water partition coefficient (Wildman–Crippen LogP) is 4.04. The Morgan fingerprint density at radius 1 is 1.31 bits per heavy atom. The van der Waals surface area contributed by atoms with Crippen molar-refractivity contribution in [2.45, 2.75) is 12.2 Å². The number of nitro groups is 1. The number of thioether (sulfide) groups is 1. The van der Waals surface area contributed by atoms with Crippen molar-refractivity contribution in [3.05, 3.63) is 81.4 Å². The number of carbonyl (C=O) groups is 1. The molecule has 2 aliphatic heterocycles. The van der Waals surface area contributed by atoms with E-state index in [1.807, 2.05) is 24.3 Å². The van der Waals surface area contributed by atoms with Crippen molar-refractivity contribution in [3.63, 3.8) is 0 Å². The third-order valence-electron chi connectivity index (χ3n) is 4.58. The molecule has 2 aliphatic rings. The molecule has 0 saturated heterocycles. The molecule has 1 amide bonds. The van der Waals surface area contributed by atoms with Gasteiger partial charge in [-0.2, -0.15) is 0 Å². The standard InChI is InChI=1S/C19H16ClN5O3S/c1-2-9-29-19-22-18(26)16-12-5-3-4-6-15(12)21-17(24(16)23-19)13-10-11(25(27)28)7-8-14(13)20/h2-8,10,16-17,21H,1,9H2,(H,22,23,26)/t16-,17+/m0/s1. The maximum atomic E-state index is 13.0. The maximum Gasteiger partial charge on any atom is 0.269 e. The summed E-state index contributed by atoms with van der Waals surface area (Å²) in [4.78, 5) is 23.8. The van der Waals surface area contributed by atoms with Crippen LogP contribution in [0.25, 0.3) is 0 Å². The Morgan fingerprint density at radius 3 is 2.86 bits per heavy atom. The van der Waals surface area contributed by atoms with Crippen LogP contribution in [0.1, 0.15) is 23.3 Å². The van der Waals surface area contributed by atoms with Crippen LogP contribution >= 0.6 is 23.4 Å². The number of fused-ring (bicyclic) bond motifs is 3. The first-order valence-corrected chi connectivity index (χ1v) is 10.1. The number of hydrogen-bond donors (Lipinski definition) is 2. The van der Waals surface area contributed by atoms with Gasteiger partial charge in [0.1, 0.15) is 6.17 Å². The van der Waals surface area contributed by atoms with E-state index < -0.39 is 17.1 Å². The van der Waals surface area contributed by atoms with Crippen LogP contribution in [0.3, 0.4) is 0 Å². The van der Waals surface area contributed by atoms with Gasteiger partial charge in [-0.25, -0.2) is 0 Å². The second kappa shape index (κ2) is 7.76. The fraction of sp³-hybridized carbons (Fsp3) is 0.158. The minimum Gasteiger partial charge on any atom is -0.360 e. The molecule has 0 fully saturated rings. The van der Waals surface area contributed by atoms with Crippen molar-refractivity contribution in [3.8, 4) is 0 Å². The zero-order valence-corrected chi connectivity index (χ0v) is 16.6. The SMILES string of the molecule is C=CCSC1=NN2[C@H](C(=O)N1)c1ccccc1N[C@H]2c1cc([N+](=O)[O-])ccc1Cl. The molecule has 0 aliphatic carbocycles. The second-order valence-electron chi connectivity index (χ2n) is 6.37. The predicted molar refractivity (Wildman–Crippen MR) is 114 cm³/mol. The van der Waals surface area contributed by atoms with Gasteiger partial charge >= 0.3 is 0 Å². The number of anilines is 1. The van der Waals surface area contributed by atoms with Crippen LogP contribution in [0, 0.1) is 10.1 Å². The normalized spacial score (nSPS) is 20.0. The number of nitrogens with one attached hydrogen (secondary N) is 2. The number of hydrogen-bond acceptors (Lipinski definition) is 7. The van der Waals surface area contributed by atoms with Gasteiger partial charge in [-0.1, -0.05) is 47.6 Å². The summed E-state index contributed by atoms with van der Waals surface area (Å²) in [5.74, 6) is 0.344. The molecule has 4 rings (SSSR count). The van der Waals surface area contributed by atoms with Gasteiger partial charge in [0.15, 0.2) is 11.2 Å². The third-order valence-corrected chi connectivity index (χ3v) is 5.79. The van der Waals surface area contributed by atoms with E-state index in [-0.39, 0.29) is 11.6 Å². The molecule has 10 heteroatoms. The van der Waals surface area contributed by atoms with Gasteiger partial charge in [0.2, 0.25) is 0 Å². The molecule has 29 heavy (non-hydrogen) atoms. The topological polar surface area (TPSA) is 99.9 Å². The smallest absolute Gasteiger partial charge is 0.269 e. The van der Waals surface area contributed by atoms with Crippen molar-refractivity contribution in [2.75, 3.05) is 11.1 Å². The van der Waals surface area contributed by atoms with Gasteiger partial charge in [-0.3, -0.25) is 19.9 Å².